The van der Waals surface area contributed by atoms with Crippen LogP contribution in [-0.2, 0) is 0 Å². The van der Waals surface area contributed by atoms with E-state index in [4.69, 9.17) is 28.3 Å². The zero-order valence-corrected chi connectivity index (χ0v) is 8.23. The lowest BCUT2D eigenvalue weighted by molar-refractivity contribution is 0.147. The summed E-state index contributed by atoms with van der Waals surface area (Å²) in [5, 5.41) is 9.55. The van der Waals surface area contributed by atoms with Gasteiger partial charge in [0.2, 0.25) is 0 Å². The highest BCUT2D eigenvalue weighted by molar-refractivity contribution is 6.36. The maximum atomic E-state index is 8.97. The molecular weight excluding hydrogens is 185 g/mol. The average molecular weight is 198 g/mol. The minimum absolute atomic E-state index is 0.334. The Morgan fingerprint density at radius 1 is 1.73 bits per heavy atom. The molecule has 0 saturated carbocycles. The van der Waals surface area contributed by atoms with Crippen molar-refractivity contribution in [1.82, 2.24) is 4.90 Å². The van der Waals surface area contributed by atoms with Crippen LogP contribution < -0.4 is 0 Å². The number of likely N-dealkylation sites (N-methyl/N-ethyl adjacent to an activating group) is 1. The summed E-state index contributed by atoms with van der Waals surface area (Å²) in [5.41, 5.74) is 1.33. The van der Waals surface area contributed by atoms with E-state index in [9.17, 15) is 0 Å². The highest BCUT2D eigenvalue weighted by Crippen LogP contribution is 2.04. The summed E-state index contributed by atoms with van der Waals surface area (Å²) in [6.07, 6.45) is -0.334. The fraction of sp³-hybridized carbons (Fsp3) is 0.714. The summed E-state index contributed by atoms with van der Waals surface area (Å²) < 4.78 is 0. The van der Waals surface area contributed by atoms with E-state index in [1.165, 1.54) is 5.54 Å². The number of aliphatic hydroxyl groups excluding tert-OH is 1. The van der Waals surface area contributed by atoms with Gasteiger partial charge in [0.1, 0.15) is 0 Å². The summed E-state index contributed by atoms with van der Waals surface area (Å²) in [6, 6.07) is 0. The van der Waals surface area contributed by atoms with Crippen LogP contribution >= 0.6 is 23.2 Å². The Morgan fingerprint density at radius 2 is 2.27 bits per heavy atom. The van der Waals surface area contributed by atoms with Gasteiger partial charge in [-0.25, -0.2) is 0 Å². The zero-order valence-electron chi connectivity index (χ0n) is 6.72. The van der Waals surface area contributed by atoms with Gasteiger partial charge in [-0.05, 0) is 14.0 Å². The number of rotatable bonds is 4. The molecular formula is C7H13Cl2NO. The maximum absolute atomic E-state index is 8.97. The molecule has 0 aliphatic rings. The lowest BCUT2D eigenvalue weighted by Crippen LogP contribution is -2.28. The van der Waals surface area contributed by atoms with Gasteiger partial charge in [0.05, 0.1) is 6.10 Å². The van der Waals surface area contributed by atoms with Crippen LogP contribution in [0.25, 0.3) is 0 Å². The number of hydrogen-bond donors (Lipinski definition) is 1. The normalized spacial score (nSPS) is 15.6. The first kappa shape index (κ1) is 11.2. The fourth-order valence-corrected chi connectivity index (χ4v) is 1.08. The van der Waals surface area contributed by atoms with E-state index in [0.29, 0.717) is 18.1 Å². The third-order valence-electron chi connectivity index (χ3n) is 1.12. The number of hydrogen-bond acceptors (Lipinski definition) is 2. The monoisotopic (exact) mass is 197 g/mol. The Kier molecular flexibility index (Phi) is 5.96. The molecule has 0 bridgehead atoms. The van der Waals surface area contributed by atoms with E-state index >= 15 is 0 Å². The SMILES string of the molecule is CC(O)CN(C)C/C(Cl)=C/Cl. The zero-order chi connectivity index (χ0) is 8.85. The van der Waals surface area contributed by atoms with Crippen molar-refractivity contribution in [2.45, 2.75) is 13.0 Å². The predicted octanol–water partition coefficient (Wildman–Crippen LogP) is 1.62. The van der Waals surface area contributed by atoms with Crippen LogP contribution in [0.2, 0.25) is 0 Å². The van der Waals surface area contributed by atoms with E-state index in [0.717, 1.165) is 0 Å². The van der Waals surface area contributed by atoms with E-state index in [1.807, 2.05) is 11.9 Å². The highest BCUT2D eigenvalue weighted by Gasteiger charge is 2.03. The third-order valence-corrected chi connectivity index (χ3v) is 1.72. The minimum Gasteiger partial charge on any atom is -0.392 e. The van der Waals surface area contributed by atoms with Crippen molar-refractivity contribution in [3.8, 4) is 0 Å². The Labute approximate surface area is 77.4 Å². The molecule has 1 N–H and O–H groups in total. The molecule has 66 valence electrons. The molecule has 0 rings (SSSR count). The second-order valence-corrected chi connectivity index (χ2v) is 3.31. The molecule has 4 heteroatoms. The smallest absolute Gasteiger partial charge is 0.0639 e. The molecule has 0 amide bonds. The van der Waals surface area contributed by atoms with Crippen molar-refractivity contribution >= 4 is 23.2 Å². The summed E-state index contributed by atoms with van der Waals surface area (Å²) >= 11 is 11.0. The Balaban J connectivity index is 3.60. The molecule has 0 aliphatic heterocycles. The van der Waals surface area contributed by atoms with Crippen molar-refractivity contribution in [2.75, 3.05) is 20.1 Å². The number of nitrogens with zero attached hydrogens (tertiary/aromatic N) is 1. The van der Waals surface area contributed by atoms with Gasteiger partial charge in [0, 0.05) is 23.7 Å². The van der Waals surface area contributed by atoms with Crippen molar-refractivity contribution in [2.24, 2.45) is 0 Å². The Morgan fingerprint density at radius 3 is 2.64 bits per heavy atom. The molecule has 2 nitrogen and oxygen atoms in total. The largest absolute Gasteiger partial charge is 0.392 e. The lowest BCUT2D eigenvalue weighted by Gasteiger charge is -2.16. The quantitative estimate of drug-likeness (QED) is 0.741. The van der Waals surface area contributed by atoms with Crippen LogP contribution in [0.3, 0.4) is 0 Å². The van der Waals surface area contributed by atoms with E-state index in [2.05, 4.69) is 0 Å². The maximum Gasteiger partial charge on any atom is 0.0639 e. The van der Waals surface area contributed by atoms with Gasteiger partial charge in [-0.3, -0.25) is 4.90 Å². The Hall–Kier alpha value is 0.240. The molecule has 0 aliphatic carbocycles. The molecule has 1 atom stereocenters. The number of aliphatic hydroxyl groups is 1. The van der Waals surface area contributed by atoms with Crippen LogP contribution in [0.15, 0.2) is 10.6 Å². The third kappa shape index (κ3) is 6.63. The number of halogens is 2. The topological polar surface area (TPSA) is 23.5 Å². The van der Waals surface area contributed by atoms with Gasteiger partial charge in [0.25, 0.3) is 0 Å². The summed E-state index contributed by atoms with van der Waals surface area (Å²) in [4.78, 5) is 1.89. The first-order chi connectivity index (χ1) is 5.06. The van der Waals surface area contributed by atoms with Crippen molar-refractivity contribution in [1.29, 1.82) is 0 Å². The summed E-state index contributed by atoms with van der Waals surface area (Å²) in [7, 11) is 1.87. The van der Waals surface area contributed by atoms with Crippen LogP contribution in [0.5, 0.6) is 0 Å². The molecule has 0 radical (unpaired) electrons. The second-order valence-electron chi connectivity index (χ2n) is 2.60. The Bertz CT molecular complexity index is 136. The average Bonchev–Trinajstić information content (AvgIpc) is 1.85. The van der Waals surface area contributed by atoms with E-state index < -0.39 is 0 Å². The molecule has 0 saturated heterocycles. The van der Waals surface area contributed by atoms with Crippen LogP contribution in [0.1, 0.15) is 6.92 Å². The predicted molar refractivity (Wildman–Crippen MR) is 49.0 cm³/mol. The first-order valence-corrected chi connectivity index (χ1v) is 4.19. The molecule has 11 heavy (non-hydrogen) atoms. The molecule has 0 aromatic rings. The molecule has 0 aromatic carbocycles. The van der Waals surface area contributed by atoms with E-state index in [-0.39, 0.29) is 6.10 Å². The lowest BCUT2D eigenvalue weighted by atomic mass is 10.4. The van der Waals surface area contributed by atoms with Crippen LogP contribution in [-0.4, -0.2) is 36.2 Å². The minimum atomic E-state index is -0.334. The van der Waals surface area contributed by atoms with Crippen LogP contribution in [0, 0.1) is 0 Å². The fourth-order valence-electron chi connectivity index (χ4n) is 0.808. The second kappa shape index (κ2) is 5.84. The van der Waals surface area contributed by atoms with Crippen molar-refractivity contribution in [3.05, 3.63) is 10.6 Å². The summed E-state index contributed by atoms with van der Waals surface area (Å²) in [5.74, 6) is 0. The first-order valence-electron chi connectivity index (χ1n) is 3.37. The standard InChI is InChI=1S/C7H13Cl2NO/c1-6(11)4-10(2)5-7(9)3-8/h3,6,11H,4-5H2,1-2H3/b7-3-. The van der Waals surface area contributed by atoms with Crippen LogP contribution in [0.4, 0.5) is 0 Å². The molecule has 1 unspecified atom stereocenters. The van der Waals surface area contributed by atoms with Crippen molar-refractivity contribution in [3.63, 3.8) is 0 Å². The van der Waals surface area contributed by atoms with Gasteiger partial charge in [-0.15, -0.1) is 0 Å². The van der Waals surface area contributed by atoms with Gasteiger partial charge >= 0.3 is 0 Å². The van der Waals surface area contributed by atoms with Gasteiger partial charge < -0.3 is 5.11 Å². The van der Waals surface area contributed by atoms with Crippen molar-refractivity contribution < 1.29 is 5.11 Å². The summed E-state index contributed by atoms with van der Waals surface area (Å²) in [6.45, 7) is 2.91. The van der Waals surface area contributed by atoms with Gasteiger partial charge in [-0.2, -0.15) is 0 Å². The van der Waals surface area contributed by atoms with Gasteiger partial charge in [0.15, 0.2) is 0 Å². The molecule has 0 fully saturated rings. The molecule has 0 aromatic heterocycles. The highest BCUT2D eigenvalue weighted by atomic mass is 35.5. The van der Waals surface area contributed by atoms with Gasteiger partial charge in [-0.1, -0.05) is 23.2 Å². The molecule has 0 heterocycles. The van der Waals surface area contributed by atoms with E-state index in [1.54, 1.807) is 6.92 Å². The molecule has 0 spiro atoms.